The molecule has 1 fully saturated rings. The van der Waals surface area contributed by atoms with Gasteiger partial charge in [-0.15, -0.1) is 0 Å². The Morgan fingerprint density at radius 3 is 2.90 bits per heavy atom. The van der Waals surface area contributed by atoms with Gasteiger partial charge in [0.25, 0.3) is 0 Å². The lowest BCUT2D eigenvalue weighted by atomic mass is 10.1. The molecule has 0 N–H and O–H groups in total. The van der Waals surface area contributed by atoms with Gasteiger partial charge in [0.15, 0.2) is 0 Å². The lowest BCUT2D eigenvalue weighted by Crippen LogP contribution is -2.36. The maximum absolute atomic E-state index is 5.48. The van der Waals surface area contributed by atoms with Gasteiger partial charge in [0, 0.05) is 57.3 Å². The molecule has 4 rings (SSSR count). The average Bonchev–Trinajstić information content (AvgIpc) is 3.21. The molecule has 2 aromatic heterocycles. The van der Waals surface area contributed by atoms with E-state index in [1.54, 1.807) is 0 Å². The van der Waals surface area contributed by atoms with Gasteiger partial charge < -0.3 is 4.74 Å². The first kappa shape index (κ1) is 13.0. The summed E-state index contributed by atoms with van der Waals surface area (Å²) in [6.45, 7) is 4.59. The van der Waals surface area contributed by atoms with Crippen molar-refractivity contribution in [3.63, 3.8) is 0 Å². The second-order valence-corrected chi connectivity index (χ2v) is 5.95. The van der Waals surface area contributed by atoms with E-state index < -0.39 is 0 Å². The van der Waals surface area contributed by atoms with Crippen LogP contribution in [-0.2, 0) is 31.4 Å². The normalized spacial score (nSPS) is 20.0. The van der Waals surface area contributed by atoms with Crippen molar-refractivity contribution >= 4 is 0 Å². The highest BCUT2D eigenvalue weighted by Crippen LogP contribution is 2.30. The summed E-state index contributed by atoms with van der Waals surface area (Å²) in [6, 6.07) is 2.61. The fourth-order valence-electron chi connectivity index (χ4n) is 3.48. The Balaban J connectivity index is 1.54. The largest absolute Gasteiger partial charge is 0.381 e. The molecule has 112 valence electrons. The summed E-state index contributed by atoms with van der Waals surface area (Å²) in [6.07, 6.45) is 6.11. The highest BCUT2D eigenvalue weighted by Gasteiger charge is 2.31. The monoisotopic (exact) mass is 287 g/mol. The van der Waals surface area contributed by atoms with Crippen LogP contribution in [0.1, 0.15) is 29.8 Å². The van der Waals surface area contributed by atoms with Crippen molar-refractivity contribution in [2.75, 3.05) is 13.2 Å². The quantitative estimate of drug-likeness (QED) is 0.850. The molecule has 0 amide bonds. The van der Waals surface area contributed by atoms with Crippen LogP contribution in [0.25, 0.3) is 0 Å². The molecule has 0 aromatic carbocycles. The Hall–Kier alpha value is -1.66. The van der Waals surface area contributed by atoms with Crippen molar-refractivity contribution in [2.24, 2.45) is 7.05 Å². The van der Waals surface area contributed by atoms with E-state index in [-0.39, 0.29) is 0 Å². The summed E-state index contributed by atoms with van der Waals surface area (Å²) in [4.78, 5) is 2.58. The Morgan fingerprint density at radius 2 is 2.14 bits per heavy atom. The van der Waals surface area contributed by atoms with Gasteiger partial charge in [-0.3, -0.25) is 14.3 Å². The van der Waals surface area contributed by atoms with Crippen molar-refractivity contribution in [3.05, 3.63) is 35.4 Å². The summed E-state index contributed by atoms with van der Waals surface area (Å²) in [5, 5.41) is 8.98. The van der Waals surface area contributed by atoms with E-state index in [1.807, 2.05) is 27.8 Å². The number of aryl methyl sites for hydroxylation is 1. The summed E-state index contributed by atoms with van der Waals surface area (Å²) >= 11 is 0. The lowest BCUT2D eigenvalue weighted by molar-refractivity contribution is 0.0318. The van der Waals surface area contributed by atoms with Crippen LogP contribution >= 0.6 is 0 Å². The zero-order valence-corrected chi connectivity index (χ0v) is 12.4. The molecular formula is C15H21N5O. The van der Waals surface area contributed by atoms with E-state index in [0.29, 0.717) is 6.04 Å². The molecule has 6 nitrogen and oxygen atoms in total. The SMILES string of the molecule is Cn1nc(Cn2cccn2)c2c1CN(C1CCOCC1)C2. The van der Waals surface area contributed by atoms with E-state index in [1.165, 1.54) is 11.3 Å². The van der Waals surface area contributed by atoms with Crippen molar-refractivity contribution < 1.29 is 4.74 Å². The van der Waals surface area contributed by atoms with Crippen LogP contribution in [0.4, 0.5) is 0 Å². The molecule has 0 saturated carbocycles. The molecule has 0 atom stereocenters. The van der Waals surface area contributed by atoms with Gasteiger partial charge in [0.2, 0.25) is 0 Å². The van der Waals surface area contributed by atoms with Crippen molar-refractivity contribution in [1.82, 2.24) is 24.5 Å². The number of hydrogen-bond acceptors (Lipinski definition) is 4. The molecule has 0 radical (unpaired) electrons. The zero-order chi connectivity index (χ0) is 14.2. The predicted molar refractivity (Wildman–Crippen MR) is 77.6 cm³/mol. The van der Waals surface area contributed by atoms with Crippen molar-refractivity contribution in [3.8, 4) is 0 Å². The van der Waals surface area contributed by atoms with Gasteiger partial charge in [-0.25, -0.2) is 0 Å². The van der Waals surface area contributed by atoms with Crippen LogP contribution in [0.15, 0.2) is 18.5 Å². The van der Waals surface area contributed by atoms with Crippen LogP contribution in [0.2, 0.25) is 0 Å². The predicted octanol–water partition coefficient (Wildman–Crippen LogP) is 1.16. The minimum atomic E-state index is 0.656. The molecule has 1 saturated heterocycles. The molecule has 0 unspecified atom stereocenters. The first-order valence-electron chi connectivity index (χ1n) is 7.64. The molecule has 2 aromatic rings. The van der Waals surface area contributed by atoms with Crippen LogP contribution in [0, 0.1) is 0 Å². The van der Waals surface area contributed by atoms with E-state index in [4.69, 9.17) is 9.84 Å². The molecule has 0 bridgehead atoms. The second-order valence-electron chi connectivity index (χ2n) is 5.95. The Bertz CT molecular complexity index is 612. The van der Waals surface area contributed by atoms with Gasteiger partial charge in [-0.05, 0) is 18.9 Å². The molecule has 4 heterocycles. The number of aromatic nitrogens is 4. The van der Waals surface area contributed by atoms with Crippen molar-refractivity contribution in [1.29, 1.82) is 0 Å². The van der Waals surface area contributed by atoms with Gasteiger partial charge >= 0.3 is 0 Å². The molecule has 0 aliphatic carbocycles. The number of nitrogens with zero attached hydrogens (tertiary/aromatic N) is 5. The Morgan fingerprint density at radius 1 is 1.29 bits per heavy atom. The molecule has 2 aliphatic heterocycles. The number of fused-ring (bicyclic) bond motifs is 1. The van der Waals surface area contributed by atoms with E-state index in [0.717, 1.165) is 51.4 Å². The molecule has 6 heteroatoms. The molecule has 0 spiro atoms. The van der Waals surface area contributed by atoms with E-state index >= 15 is 0 Å². The Labute approximate surface area is 124 Å². The summed E-state index contributed by atoms with van der Waals surface area (Å²) in [5.74, 6) is 0. The summed E-state index contributed by atoms with van der Waals surface area (Å²) in [7, 11) is 2.05. The smallest absolute Gasteiger partial charge is 0.0887 e. The fraction of sp³-hybridized carbons (Fsp3) is 0.600. The first-order valence-corrected chi connectivity index (χ1v) is 7.64. The maximum atomic E-state index is 5.48. The minimum Gasteiger partial charge on any atom is -0.381 e. The first-order chi connectivity index (χ1) is 10.3. The average molecular weight is 287 g/mol. The van der Waals surface area contributed by atoms with Crippen LogP contribution < -0.4 is 0 Å². The number of hydrogen-bond donors (Lipinski definition) is 0. The maximum Gasteiger partial charge on any atom is 0.0887 e. The van der Waals surface area contributed by atoms with E-state index in [2.05, 4.69) is 17.0 Å². The highest BCUT2D eigenvalue weighted by atomic mass is 16.5. The molecule has 21 heavy (non-hydrogen) atoms. The van der Waals surface area contributed by atoms with Gasteiger partial charge in [0.05, 0.1) is 17.9 Å². The zero-order valence-electron chi connectivity index (χ0n) is 12.4. The van der Waals surface area contributed by atoms with Gasteiger partial charge in [-0.1, -0.05) is 0 Å². The summed E-state index contributed by atoms with van der Waals surface area (Å²) in [5.41, 5.74) is 3.92. The third-order valence-corrected chi connectivity index (χ3v) is 4.65. The second kappa shape index (κ2) is 5.27. The fourth-order valence-corrected chi connectivity index (χ4v) is 3.48. The van der Waals surface area contributed by atoms with Crippen LogP contribution in [0.5, 0.6) is 0 Å². The standard InChI is InChI=1S/C15H21N5O/c1-18-15-11-19(12-3-7-21-8-4-12)9-13(15)14(17-18)10-20-6-2-5-16-20/h2,5-6,12H,3-4,7-11H2,1H3. The number of rotatable bonds is 3. The molecule has 2 aliphatic rings. The highest BCUT2D eigenvalue weighted by molar-refractivity contribution is 5.30. The van der Waals surface area contributed by atoms with Gasteiger partial charge in [-0.2, -0.15) is 10.2 Å². The lowest BCUT2D eigenvalue weighted by Gasteiger charge is -2.30. The van der Waals surface area contributed by atoms with E-state index in [9.17, 15) is 0 Å². The van der Waals surface area contributed by atoms with Gasteiger partial charge in [0.1, 0.15) is 0 Å². The summed E-state index contributed by atoms with van der Waals surface area (Å²) < 4.78 is 9.47. The minimum absolute atomic E-state index is 0.656. The molecular weight excluding hydrogens is 266 g/mol. The van der Waals surface area contributed by atoms with Crippen molar-refractivity contribution in [2.45, 2.75) is 38.5 Å². The van der Waals surface area contributed by atoms with Crippen LogP contribution in [-0.4, -0.2) is 43.7 Å². The third kappa shape index (κ3) is 2.38. The Kier molecular flexibility index (Phi) is 3.27. The number of ether oxygens (including phenoxy) is 1. The van der Waals surface area contributed by atoms with Crippen LogP contribution in [0.3, 0.4) is 0 Å². The topological polar surface area (TPSA) is 48.1 Å². The third-order valence-electron chi connectivity index (χ3n) is 4.65.